The van der Waals surface area contributed by atoms with Crippen molar-refractivity contribution in [1.82, 2.24) is 15.1 Å². The van der Waals surface area contributed by atoms with Gasteiger partial charge in [0, 0.05) is 12.1 Å². The maximum Gasteiger partial charge on any atom is 0.277 e. The van der Waals surface area contributed by atoms with Crippen molar-refractivity contribution in [2.24, 2.45) is 0 Å². The molecule has 0 spiro atoms. The van der Waals surface area contributed by atoms with Crippen LogP contribution >= 0.6 is 23.1 Å². The van der Waals surface area contributed by atoms with Crippen LogP contribution in [0.3, 0.4) is 0 Å². The van der Waals surface area contributed by atoms with Crippen LogP contribution in [0, 0.1) is 0 Å². The van der Waals surface area contributed by atoms with Gasteiger partial charge in [0.25, 0.3) is 11.1 Å². The van der Waals surface area contributed by atoms with E-state index in [0.29, 0.717) is 17.5 Å². The number of carbonyl (C=O) groups is 1. The summed E-state index contributed by atoms with van der Waals surface area (Å²) in [5, 5.41) is 10.4. The lowest BCUT2D eigenvalue weighted by molar-refractivity contribution is -0.133. The van der Waals surface area contributed by atoms with Gasteiger partial charge >= 0.3 is 0 Å². The molecule has 1 aliphatic carbocycles. The molecule has 3 heterocycles. The summed E-state index contributed by atoms with van der Waals surface area (Å²) in [6.07, 6.45) is 5.82. The number of rotatable bonds is 6. The Bertz CT molecular complexity index is 904. The summed E-state index contributed by atoms with van der Waals surface area (Å²) in [5.41, 5.74) is 0. The molecular weight excluding hydrogens is 418 g/mol. The number of hydrogen-bond donors (Lipinski definition) is 0. The van der Waals surface area contributed by atoms with Gasteiger partial charge in [0.1, 0.15) is 0 Å². The smallest absolute Gasteiger partial charge is 0.277 e. The minimum Gasteiger partial charge on any atom is -0.410 e. The Morgan fingerprint density at radius 2 is 2.04 bits per heavy atom. The molecule has 0 aromatic carbocycles. The Balaban J connectivity index is 1.43. The third kappa shape index (κ3) is 4.60. The van der Waals surface area contributed by atoms with Gasteiger partial charge in [0.05, 0.1) is 22.1 Å². The van der Waals surface area contributed by atoms with Crippen molar-refractivity contribution >= 4 is 38.8 Å². The standard InChI is InChI=1S/C18H23N3O4S3/c22-16(11-27-18-20-19-17(25-18)15-7-4-9-26-15)21(13-5-2-1-3-6-13)14-8-10-28(23,24)12-14/h4,7,9,13-14H,1-3,5-6,8,10-12H2/t14-/m0/s1. The van der Waals surface area contributed by atoms with E-state index in [0.717, 1.165) is 30.6 Å². The van der Waals surface area contributed by atoms with Crippen molar-refractivity contribution in [2.45, 2.75) is 55.8 Å². The topological polar surface area (TPSA) is 93.4 Å². The van der Waals surface area contributed by atoms with Crippen molar-refractivity contribution in [2.75, 3.05) is 17.3 Å². The highest BCUT2D eigenvalue weighted by Gasteiger charge is 2.38. The number of hydrogen-bond acceptors (Lipinski definition) is 8. The van der Waals surface area contributed by atoms with Crippen LogP contribution < -0.4 is 0 Å². The molecule has 0 N–H and O–H groups in total. The normalized spacial score (nSPS) is 22.4. The predicted octanol–water partition coefficient (Wildman–Crippen LogP) is 3.24. The lowest BCUT2D eigenvalue weighted by Crippen LogP contribution is -2.49. The fourth-order valence-corrected chi connectivity index (χ4v) is 7.01. The Labute approximate surface area is 172 Å². The SMILES string of the molecule is O=C(CSc1nnc(-c2cccs2)o1)N(C1CCCCC1)[C@H]1CCS(=O)(=O)C1. The largest absolute Gasteiger partial charge is 0.410 e. The van der Waals surface area contributed by atoms with E-state index in [-0.39, 0.29) is 35.2 Å². The van der Waals surface area contributed by atoms with Crippen LogP contribution in [0.5, 0.6) is 0 Å². The van der Waals surface area contributed by atoms with Crippen LogP contribution in [0.2, 0.25) is 0 Å². The van der Waals surface area contributed by atoms with Crippen LogP contribution in [-0.2, 0) is 14.6 Å². The van der Waals surface area contributed by atoms with Crippen molar-refractivity contribution in [3.05, 3.63) is 17.5 Å². The number of aromatic nitrogens is 2. The maximum atomic E-state index is 13.1. The maximum absolute atomic E-state index is 13.1. The second-order valence-electron chi connectivity index (χ2n) is 7.29. The molecule has 2 fully saturated rings. The minimum atomic E-state index is -3.04. The van der Waals surface area contributed by atoms with Crippen molar-refractivity contribution in [1.29, 1.82) is 0 Å². The van der Waals surface area contributed by atoms with E-state index in [1.807, 2.05) is 22.4 Å². The first-order valence-corrected chi connectivity index (χ1v) is 13.2. The van der Waals surface area contributed by atoms with Gasteiger partial charge in [-0.05, 0) is 30.7 Å². The number of thioether (sulfide) groups is 1. The lowest BCUT2D eigenvalue weighted by atomic mass is 9.93. The van der Waals surface area contributed by atoms with E-state index in [9.17, 15) is 13.2 Å². The first kappa shape index (κ1) is 19.9. The summed E-state index contributed by atoms with van der Waals surface area (Å²) >= 11 is 2.74. The quantitative estimate of drug-likeness (QED) is 0.635. The van der Waals surface area contributed by atoms with E-state index < -0.39 is 9.84 Å². The molecule has 2 aromatic heterocycles. The van der Waals surface area contributed by atoms with Crippen LogP contribution in [0.1, 0.15) is 38.5 Å². The molecule has 1 atom stereocenters. The Morgan fingerprint density at radius 1 is 1.21 bits per heavy atom. The van der Waals surface area contributed by atoms with Crippen LogP contribution in [0.4, 0.5) is 0 Å². The van der Waals surface area contributed by atoms with Gasteiger partial charge in [-0.25, -0.2) is 8.42 Å². The van der Waals surface area contributed by atoms with Gasteiger partial charge in [-0.15, -0.1) is 21.5 Å². The first-order valence-electron chi connectivity index (χ1n) is 9.53. The molecule has 28 heavy (non-hydrogen) atoms. The fourth-order valence-electron chi connectivity index (χ4n) is 4.03. The Hall–Kier alpha value is -1.39. The van der Waals surface area contributed by atoms with Gasteiger partial charge in [-0.3, -0.25) is 4.79 Å². The molecule has 2 aliphatic rings. The minimum absolute atomic E-state index is 0.0325. The number of sulfone groups is 1. The third-order valence-electron chi connectivity index (χ3n) is 5.32. The highest BCUT2D eigenvalue weighted by Crippen LogP contribution is 2.30. The summed E-state index contributed by atoms with van der Waals surface area (Å²) in [4.78, 5) is 15.8. The highest BCUT2D eigenvalue weighted by molar-refractivity contribution is 7.99. The number of amides is 1. The molecule has 0 bridgehead atoms. The number of carbonyl (C=O) groups excluding carboxylic acids is 1. The summed E-state index contributed by atoms with van der Waals surface area (Å²) < 4.78 is 29.6. The molecule has 4 rings (SSSR count). The molecular formula is C18H23N3O4S3. The zero-order chi connectivity index (χ0) is 19.6. The van der Waals surface area contributed by atoms with E-state index in [2.05, 4.69) is 10.2 Å². The van der Waals surface area contributed by atoms with Crippen molar-refractivity contribution < 1.29 is 17.6 Å². The highest BCUT2D eigenvalue weighted by atomic mass is 32.2. The number of nitrogens with zero attached hydrogens (tertiary/aromatic N) is 3. The summed E-state index contributed by atoms with van der Waals surface area (Å²) in [6.45, 7) is 0. The van der Waals surface area contributed by atoms with Gasteiger partial charge in [0.2, 0.25) is 5.91 Å². The molecule has 1 aliphatic heterocycles. The zero-order valence-corrected chi connectivity index (χ0v) is 17.9. The average molecular weight is 442 g/mol. The van der Waals surface area contributed by atoms with Crippen LogP contribution in [-0.4, -0.2) is 58.8 Å². The Morgan fingerprint density at radius 3 is 2.71 bits per heavy atom. The van der Waals surface area contributed by atoms with E-state index in [1.165, 1.54) is 29.5 Å². The molecule has 2 aromatic rings. The van der Waals surface area contributed by atoms with Gasteiger partial charge in [-0.1, -0.05) is 37.1 Å². The fraction of sp³-hybridized carbons (Fsp3) is 0.611. The molecule has 10 heteroatoms. The van der Waals surface area contributed by atoms with Crippen molar-refractivity contribution in [3.63, 3.8) is 0 Å². The van der Waals surface area contributed by atoms with Gasteiger partial charge in [-0.2, -0.15) is 0 Å². The first-order chi connectivity index (χ1) is 13.5. The molecule has 1 saturated heterocycles. The van der Waals surface area contributed by atoms with E-state index >= 15 is 0 Å². The zero-order valence-electron chi connectivity index (χ0n) is 15.5. The predicted molar refractivity (Wildman–Crippen MR) is 109 cm³/mol. The molecule has 0 unspecified atom stereocenters. The summed E-state index contributed by atoms with van der Waals surface area (Å²) in [5.74, 6) is 0.864. The molecule has 0 radical (unpaired) electrons. The Kier molecular flexibility index (Phi) is 6.07. The molecule has 1 saturated carbocycles. The monoisotopic (exact) mass is 441 g/mol. The summed E-state index contributed by atoms with van der Waals surface area (Å²) in [6, 6.07) is 3.76. The van der Waals surface area contributed by atoms with Crippen molar-refractivity contribution in [3.8, 4) is 10.8 Å². The van der Waals surface area contributed by atoms with Crippen LogP contribution in [0.25, 0.3) is 10.8 Å². The van der Waals surface area contributed by atoms with Crippen LogP contribution in [0.15, 0.2) is 27.2 Å². The van der Waals surface area contributed by atoms with E-state index in [1.54, 1.807) is 0 Å². The second-order valence-corrected chi connectivity index (χ2v) is 11.4. The van der Waals surface area contributed by atoms with Gasteiger partial charge in [0.15, 0.2) is 9.84 Å². The van der Waals surface area contributed by atoms with E-state index in [4.69, 9.17) is 4.42 Å². The molecule has 152 valence electrons. The lowest BCUT2D eigenvalue weighted by Gasteiger charge is -2.38. The summed E-state index contributed by atoms with van der Waals surface area (Å²) in [7, 11) is -3.04. The number of thiophene rings is 1. The second kappa shape index (κ2) is 8.54. The van der Waals surface area contributed by atoms with Gasteiger partial charge < -0.3 is 9.32 Å². The molecule has 1 amide bonds. The third-order valence-corrected chi connectivity index (χ3v) is 8.73. The average Bonchev–Trinajstić information content (AvgIpc) is 3.42. The molecule has 7 nitrogen and oxygen atoms in total.